The van der Waals surface area contributed by atoms with Crippen LogP contribution in [0.2, 0.25) is 0 Å². The molecule has 0 spiro atoms. The lowest BCUT2D eigenvalue weighted by molar-refractivity contribution is 0.221. The van der Waals surface area contributed by atoms with Gasteiger partial charge in [0.2, 0.25) is 6.08 Å². The number of aryl methyl sites for hydroxylation is 1. The third-order valence-corrected chi connectivity index (χ3v) is 3.41. The molecule has 0 saturated heterocycles. The van der Waals surface area contributed by atoms with Gasteiger partial charge in [0, 0.05) is 0 Å². The molecule has 1 fully saturated rings. The number of isocyanates is 1. The first-order valence-electron chi connectivity index (χ1n) is 5.79. The molecular weight excluding hydrogens is 217 g/mol. The molecule has 0 aliphatic heterocycles. The van der Waals surface area contributed by atoms with Gasteiger partial charge < -0.3 is 0 Å². The quantitative estimate of drug-likeness (QED) is 0.580. The summed E-state index contributed by atoms with van der Waals surface area (Å²) < 4.78 is 13.9. The molecular formula is C14H16FNO. The van der Waals surface area contributed by atoms with E-state index in [-0.39, 0.29) is 0 Å². The van der Waals surface area contributed by atoms with Crippen LogP contribution < -0.4 is 0 Å². The number of nitrogens with zero attached hydrogens (tertiary/aromatic N) is 1. The van der Waals surface area contributed by atoms with Crippen molar-refractivity contribution < 1.29 is 9.18 Å². The Hall–Kier alpha value is -1.47. The highest BCUT2D eigenvalue weighted by atomic mass is 19.1. The standard InChI is InChI=1S/C14H16FNO/c1-10-4-5-11(13(2,3)15)8-12(10)14(6-7-14)16-9-17/h4-5,8H,6-7H2,1-3H3. The highest BCUT2D eigenvalue weighted by molar-refractivity contribution is 5.46. The average Bonchev–Trinajstić information content (AvgIpc) is 2.98. The van der Waals surface area contributed by atoms with Crippen molar-refractivity contribution >= 4 is 6.08 Å². The number of halogens is 1. The summed E-state index contributed by atoms with van der Waals surface area (Å²) >= 11 is 0. The van der Waals surface area contributed by atoms with Crippen LogP contribution in [0, 0.1) is 6.92 Å². The van der Waals surface area contributed by atoms with E-state index < -0.39 is 11.2 Å². The van der Waals surface area contributed by atoms with Crippen molar-refractivity contribution in [3.63, 3.8) is 0 Å². The van der Waals surface area contributed by atoms with Crippen molar-refractivity contribution in [3.8, 4) is 0 Å². The number of benzene rings is 1. The fourth-order valence-corrected chi connectivity index (χ4v) is 2.14. The number of hydrogen-bond acceptors (Lipinski definition) is 2. The summed E-state index contributed by atoms with van der Waals surface area (Å²) in [7, 11) is 0. The summed E-state index contributed by atoms with van der Waals surface area (Å²) in [5.41, 5.74) is 0.848. The van der Waals surface area contributed by atoms with Crippen LogP contribution in [0.5, 0.6) is 0 Å². The number of rotatable bonds is 3. The molecule has 1 aliphatic rings. The molecule has 0 atom stereocenters. The molecule has 2 nitrogen and oxygen atoms in total. The Morgan fingerprint density at radius 1 is 1.41 bits per heavy atom. The number of carbonyl (C=O) groups excluding carboxylic acids is 1. The Bertz CT molecular complexity index is 491. The zero-order valence-corrected chi connectivity index (χ0v) is 10.4. The lowest BCUT2D eigenvalue weighted by Gasteiger charge is -2.19. The van der Waals surface area contributed by atoms with Crippen molar-refractivity contribution in [1.82, 2.24) is 0 Å². The molecule has 1 aromatic rings. The lowest BCUT2D eigenvalue weighted by atomic mass is 9.91. The Labute approximate surface area is 101 Å². The van der Waals surface area contributed by atoms with E-state index in [1.54, 1.807) is 12.1 Å². The van der Waals surface area contributed by atoms with E-state index in [0.29, 0.717) is 5.56 Å². The maximum atomic E-state index is 13.9. The molecule has 0 N–H and O–H groups in total. The second kappa shape index (κ2) is 3.78. The van der Waals surface area contributed by atoms with Crippen LogP contribution in [-0.2, 0) is 16.0 Å². The highest BCUT2D eigenvalue weighted by Gasteiger charge is 2.46. The summed E-state index contributed by atoms with van der Waals surface area (Å²) in [6, 6.07) is 5.52. The normalized spacial score (nSPS) is 17.4. The van der Waals surface area contributed by atoms with Crippen molar-refractivity contribution in [2.24, 2.45) is 4.99 Å². The van der Waals surface area contributed by atoms with Gasteiger partial charge in [-0.25, -0.2) is 9.18 Å². The fourth-order valence-electron chi connectivity index (χ4n) is 2.14. The zero-order valence-electron chi connectivity index (χ0n) is 10.4. The van der Waals surface area contributed by atoms with Crippen LogP contribution in [0.25, 0.3) is 0 Å². The smallest absolute Gasteiger partial charge is 0.235 e. The summed E-state index contributed by atoms with van der Waals surface area (Å²) in [6.07, 6.45) is 3.33. The number of alkyl halides is 1. The summed E-state index contributed by atoms with van der Waals surface area (Å²) in [5, 5.41) is 0. The van der Waals surface area contributed by atoms with Crippen LogP contribution in [-0.4, -0.2) is 6.08 Å². The molecule has 1 aliphatic carbocycles. The van der Waals surface area contributed by atoms with Crippen molar-refractivity contribution in [2.45, 2.75) is 44.8 Å². The molecule has 3 heteroatoms. The zero-order chi connectivity index (χ0) is 12.7. The Balaban J connectivity index is 2.51. The lowest BCUT2D eigenvalue weighted by Crippen LogP contribution is -2.12. The monoisotopic (exact) mass is 233 g/mol. The molecule has 17 heavy (non-hydrogen) atoms. The summed E-state index contributed by atoms with van der Waals surface area (Å²) in [4.78, 5) is 14.4. The molecule has 90 valence electrons. The van der Waals surface area contributed by atoms with Gasteiger partial charge in [0.05, 0.1) is 5.54 Å². The maximum Gasteiger partial charge on any atom is 0.235 e. The Morgan fingerprint density at radius 2 is 2.06 bits per heavy atom. The first-order chi connectivity index (χ1) is 7.89. The first kappa shape index (κ1) is 12.0. The van der Waals surface area contributed by atoms with Crippen LogP contribution in [0.4, 0.5) is 4.39 Å². The predicted molar refractivity (Wildman–Crippen MR) is 64.3 cm³/mol. The second-order valence-electron chi connectivity index (χ2n) is 5.24. The van der Waals surface area contributed by atoms with Crippen LogP contribution >= 0.6 is 0 Å². The van der Waals surface area contributed by atoms with Gasteiger partial charge in [-0.3, -0.25) is 0 Å². The number of hydrogen-bond donors (Lipinski definition) is 0. The fraction of sp³-hybridized carbons (Fsp3) is 0.500. The SMILES string of the molecule is Cc1ccc(C(C)(C)F)cc1C1(N=C=O)CC1. The molecule has 0 aromatic heterocycles. The van der Waals surface area contributed by atoms with E-state index in [0.717, 1.165) is 24.0 Å². The molecule has 1 aromatic carbocycles. The van der Waals surface area contributed by atoms with E-state index in [4.69, 9.17) is 0 Å². The van der Waals surface area contributed by atoms with Gasteiger partial charge in [-0.05, 0) is 56.4 Å². The van der Waals surface area contributed by atoms with E-state index in [2.05, 4.69) is 4.99 Å². The topological polar surface area (TPSA) is 29.4 Å². The molecule has 0 bridgehead atoms. The van der Waals surface area contributed by atoms with Crippen LogP contribution in [0.1, 0.15) is 43.4 Å². The third kappa shape index (κ3) is 2.16. The molecule has 0 heterocycles. The minimum atomic E-state index is -1.37. The minimum Gasteiger partial charge on any atom is -0.239 e. The van der Waals surface area contributed by atoms with Gasteiger partial charge in [0.15, 0.2) is 0 Å². The van der Waals surface area contributed by atoms with Gasteiger partial charge in [-0.2, -0.15) is 4.99 Å². The molecule has 2 rings (SSSR count). The Kier molecular flexibility index (Phi) is 2.67. The molecule has 0 radical (unpaired) electrons. The van der Waals surface area contributed by atoms with Gasteiger partial charge in [-0.1, -0.05) is 12.1 Å². The van der Waals surface area contributed by atoms with Gasteiger partial charge in [0.1, 0.15) is 5.67 Å². The van der Waals surface area contributed by atoms with Gasteiger partial charge in [0.25, 0.3) is 0 Å². The summed E-state index contributed by atoms with van der Waals surface area (Å²) in [6.45, 7) is 5.03. The minimum absolute atomic E-state index is 0.424. The van der Waals surface area contributed by atoms with Crippen LogP contribution in [0.3, 0.4) is 0 Å². The van der Waals surface area contributed by atoms with Crippen molar-refractivity contribution in [3.05, 3.63) is 34.9 Å². The highest BCUT2D eigenvalue weighted by Crippen LogP contribution is 2.50. The van der Waals surface area contributed by atoms with E-state index in [1.807, 2.05) is 19.1 Å². The van der Waals surface area contributed by atoms with Crippen LogP contribution in [0.15, 0.2) is 23.2 Å². The number of aliphatic imine (C=N–C) groups is 1. The largest absolute Gasteiger partial charge is 0.239 e. The third-order valence-electron chi connectivity index (χ3n) is 3.41. The average molecular weight is 233 g/mol. The first-order valence-corrected chi connectivity index (χ1v) is 5.79. The molecule has 0 unspecified atom stereocenters. The van der Waals surface area contributed by atoms with Crippen molar-refractivity contribution in [1.29, 1.82) is 0 Å². The second-order valence-corrected chi connectivity index (χ2v) is 5.24. The van der Waals surface area contributed by atoms with Crippen molar-refractivity contribution in [2.75, 3.05) is 0 Å². The molecule has 1 saturated carbocycles. The molecule has 0 amide bonds. The van der Waals surface area contributed by atoms with E-state index >= 15 is 0 Å². The van der Waals surface area contributed by atoms with Gasteiger partial charge in [-0.15, -0.1) is 0 Å². The van der Waals surface area contributed by atoms with Gasteiger partial charge >= 0.3 is 0 Å². The van der Waals surface area contributed by atoms with E-state index in [9.17, 15) is 9.18 Å². The Morgan fingerprint density at radius 3 is 2.53 bits per heavy atom. The van der Waals surface area contributed by atoms with E-state index in [1.165, 1.54) is 13.8 Å². The summed E-state index contributed by atoms with van der Waals surface area (Å²) in [5.74, 6) is 0. The predicted octanol–water partition coefficient (Wildman–Crippen LogP) is 3.52. The maximum absolute atomic E-state index is 13.9.